The van der Waals surface area contributed by atoms with E-state index in [2.05, 4.69) is 52.3 Å². The second kappa shape index (κ2) is 10.4. The van der Waals surface area contributed by atoms with E-state index < -0.39 is 0 Å². The number of H-pyrrole nitrogens is 1. The minimum Gasteiger partial charge on any atom is -0.508 e. The summed E-state index contributed by atoms with van der Waals surface area (Å²) in [4.78, 5) is 5.41. The van der Waals surface area contributed by atoms with Gasteiger partial charge in [-0.2, -0.15) is 0 Å². The number of allylic oxidation sites excluding steroid dienone is 1. The fraction of sp³-hybridized carbons (Fsp3) is 0.345. The number of likely N-dealkylation sites (tertiary alicyclic amines) is 1. The van der Waals surface area contributed by atoms with Crippen molar-refractivity contribution in [1.29, 1.82) is 0 Å². The number of nitrogens with one attached hydrogen (secondary N) is 1. The summed E-state index contributed by atoms with van der Waals surface area (Å²) >= 11 is 0. The second-order valence-corrected chi connectivity index (χ2v) is 9.23. The molecule has 5 rings (SSSR count). The normalized spacial score (nSPS) is 18.6. The quantitative estimate of drug-likeness (QED) is 0.521. The molecule has 2 N–H and O–H groups in total. The van der Waals surface area contributed by atoms with Crippen LogP contribution in [-0.2, 0) is 6.42 Å². The van der Waals surface area contributed by atoms with Gasteiger partial charge in [0.2, 0.25) is 0 Å². The maximum Gasteiger partial charge on any atom is 0.167 e. The summed E-state index contributed by atoms with van der Waals surface area (Å²) in [6.45, 7) is 2.37. The van der Waals surface area contributed by atoms with Crippen molar-refractivity contribution in [1.82, 2.24) is 4.90 Å². The number of fused-ring (bicyclic) bond motifs is 1. The molecule has 1 fully saturated rings. The van der Waals surface area contributed by atoms with Crippen molar-refractivity contribution in [3.05, 3.63) is 89.2 Å². The Bertz CT molecular complexity index is 1140. The van der Waals surface area contributed by atoms with Crippen LogP contribution in [0.15, 0.2) is 67.0 Å². The number of aromatic nitrogens is 1. The molecule has 34 heavy (non-hydrogen) atoms. The Labute approximate surface area is 200 Å². The van der Waals surface area contributed by atoms with Gasteiger partial charge in [0.25, 0.3) is 0 Å². The van der Waals surface area contributed by atoms with Crippen molar-refractivity contribution in [2.24, 2.45) is 0 Å². The average molecular weight is 460 g/mol. The van der Waals surface area contributed by atoms with E-state index in [0.717, 1.165) is 56.6 Å². The highest BCUT2D eigenvalue weighted by Crippen LogP contribution is 2.40. The van der Waals surface area contributed by atoms with Crippen molar-refractivity contribution in [2.45, 2.75) is 38.2 Å². The highest BCUT2D eigenvalue weighted by molar-refractivity contribution is 5.99. The first kappa shape index (κ1) is 22.6. The van der Waals surface area contributed by atoms with Crippen molar-refractivity contribution >= 4 is 11.1 Å². The molecule has 0 amide bonds. The van der Waals surface area contributed by atoms with E-state index in [-0.39, 0.29) is 12.8 Å². The van der Waals surface area contributed by atoms with Crippen molar-refractivity contribution in [3.63, 3.8) is 0 Å². The van der Waals surface area contributed by atoms with Gasteiger partial charge in [-0.1, -0.05) is 18.2 Å². The molecule has 1 saturated heterocycles. The van der Waals surface area contributed by atoms with E-state index in [4.69, 9.17) is 4.74 Å². The Hall–Kier alpha value is -3.18. The molecule has 0 unspecified atom stereocenters. The van der Waals surface area contributed by atoms with Crippen LogP contribution in [-0.4, -0.2) is 42.4 Å². The van der Waals surface area contributed by atoms with E-state index >= 15 is 0 Å². The summed E-state index contributed by atoms with van der Waals surface area (Å²) in [5, 5.41) is 10.1. The smallest absolute Gasteiger partial charge is 0.167 e. The first-order chi connectivity index (χ1) is 16.7. The zero-order valence-electron chi connectivity index (χ0n) is 19.5. The summed E-state index contributed by atoms with van der Waals surface area (Å²) in [7, 11) is 0. The maximum absolute atomic E-state index is 12.5. The lowest BCUT2D eigenvalue weighted by atomic mass is 9.88. The molecule has 2 aromatic carbocycles. The lowest BCUT2D eigenvalue weighted by Crippen LogP contribution is -2.26. The molecule has 176 valence electrons. The first-order valence-corrected chi connectivity index (χ1v) is 12.3. The molecule has 0 bridgehead atoms. The molecule has 5 heteroatoms. The third-order valence-corrected chi connectivity index (χ3v) is 6.88. The largest absolute Gasteiger partial charge is 0.508 e. The first-order valence-electron chi connectivity index (χ1n) is 12.3. The lowest BCUT2D eigenvalue weighted by molar-refractivity contribution is -0.378. The lowest BCUT2D eigenvalue weighted by Gasteiger charge is -2.18. The van der Waals surface area contributed by atoms with E-state index in [9.17, 15) is 9.50 Å². The van der Waals surface area contributed by atoms with E-state index in [0.29, 0.717) is 12.2 Å². The predicted octanol–water partition coefficient (Wildman–Crippen LogP) is 5.31. The number of rotatable bonds is 7. The monoisotopic (exact) mass is 459 g/mol. The van der Waals surface area contributed by atoms with E-state index in [1.54, 1.807) is 6.07 Å². The van der Waals surface area contributed by atoms with Crippen LogP contribution in [0, 0.1) is 0 Å². The minimum absolute atomic E-state index is 0.155. The van der Waals surface area contributed by atoms with Gasteiger partial charge in [-0.15, -0.1) is 0 Å². The molecule has 4 nitrogen and oxygen atoms in total. The Morgan fingerprint density at radius 1 is 1.00 bits per heavy atom. The molecule has 1 aliphatic heterocycles. The minimum atomic E-state index is -0.259. The van der Waals surface area contributed by atoms with E-state index in [1.807, 2.05) is 18.5 Å². The predicted molar refractivity (Wildman–Crippen MR) is 132 cm³/mol. The van der Waals surface area contributed by atoms with Crippen LogP contribution >= 0.6 is 0 Å². The zero-order chi connectivity index (χ0) is 23.3. The van der Waals surface area contributed by atoms with Crippen LogP contribution in [0.4, 0.5) is 4.39 Å². The standard InChI is InChI=1S/C29H31FN2O2/c30-14-2-17-32-18-13-26(20-32)34-25-8-5-22(6-9-25)29-27(21-11-15-31-16-12-21)4-1-3-23-19-24(33)7-10-28(23)29/h5-12,15-16,19,26,33H,1-4,13-14,17-18,20H2/p+1/t26-/m0/s1. The Kier molecular flexibility index (Phi) is 6.91. The number of phenols is 1. The van der Waals surface area contributed by atoms with Gasteiger partial charge in [-0.3, -0.25) is 9.29 Å². The topological polar surface area (TPSA) is 46.8 Å². The third kappa shape index (κ3) is 5.00. The summed E-state index contributed by atoms with van der Waals surface area (Å²) in [6.07, 6.45) is 8.62. The number of ether oxygens (including phenoxy) is 1. The highest BCUT2D eigenvalue weighted by atomic mass is 19.1. The number of aryl methyl sites for hydroxylation is 1. The summed E-state index contributed by atoms with van der Waals surface area (Å²) in [5.41, 5.74) is 7.29. The number of pyridine rings is 1. The number of phenolic OH excluding ortho intramolecular Hbond substituents is 1. The van der Waals surface area contributed by atoms with Gasteiger partial charge in [0.05, 0.1) is 6.67 Å². The molecule has 0 spiro atoms. The van der Waals surface area contributed by atoms with Gasteiger partial charge in [0.15, 0.2) is 12.4 Å². The van der Waals surface area contributed by atoms with Crippen LogP contribution in [0.2, 0.25) is 0 Å². The van der Waals surface area contributed by atoms with Gasteiger partial charge in [-0.25, -0.2) is 4.98 Å². The highest BCUT2D eigenvalue weighted by Gasteiger charge is 2.24. The van der Waals surface area contributed by atoms with Gasteiger partial charge < -0.3 is 9.84 Å². The number of nitrogens with zero attached hydrogens (tertiary/aromatic N) is 1. The van der Waals surface area contributed by atoms with Gasteiger partial charge >= 0.3 is 0 Å². The number of aromatic hydroxyl groups is 1. The molecule has 0 radical (unpaired) electrons. The number of halogens is 1. The Balaban J connectivity index is 1.45. The van der Waals surface area contributed by atoms with Crippen molar-refractivity contribution in [2.75, 3.05) is 26.3 Å². The molecule has 1 aromatic heterocycles. The zero-order valence-corrected chi connectivity index (χ0v) is 19.5. The molecule has 0 saturated carbocycles. The Morgan fingerprint density at radius 2 is 1.82 bits per heavy atom. The Morgan fingerprint density at radius 3 is 2.62 bits per heavy atom. The molecule has 3 aromatic rings. The van der Waals surface area contributed by atoms with E-state index in [1.165, 1.54) is 27.8 Å². The second-order valence-electron chi connectivity index (χ2n) is 9.23. The summed E-state index contributed by atoms with van der Waals surface area (Å²) in [5.74, 6) is 1.19. The fourth-order valence-electron chi connectivity index (χ4n) is 5.25. The van der Waals surface area contributed by atoms with Gasteiger partial charge in [0.1, 0.15) is 17.6 Å². The van der Waals surface area contributed by atoms with Crippen LogP contribution in [0.25, 0.3) is 11.1 Å². The number of benzene rings is 2. The molecule has 2 aliphatic rings. The average Bonchev–Trinajstić information content (AvgIpc) is 3.22. The SMILES string of the molecule is Oc1ccc2c(c1)CCCC(c1cc[nH+]cc1)=C2c1ccc(O[C@H]2CCN(CCCF)C2)cc1. The van der Waals surface area contributed by atoms with Crippen LogP contribution in [0.1, 0.15) is 47.9 Å². The summed E-state index contributed by atoms with van der Waals surface area (Å²) < 4.78 is 18.7. The van der Waals surface area contributed by atoms with Gasteiger partial charge in [-0.05, 0) is 89.8 Å². The maximum atomic E-state index is 12.5. The van der Waals surface area contributed by atoms with Crippen LogP contribution in [0.5, 0.6) is 11.5 Å². The summed E-state index contributed by atoms with van der Waals surface area (Å²) in [6, 6.07) is 18.4. The van der Waals surface area contributed by atoms with Crippen molar-refractivity contribution in [3.8, 4) is 11.5 Å². The van der Waals surface area contributed by atoms with Crippen molar-refractivity contribution < 1.29 is 19.2 Å². The number of hydrogen-bond donors (Lipinski definition) is 1. The fourth-order valence-corrected chi connectivity index (χ4v) is 5.25. The number of alkyl halides is 1. The molecular formula is C29H32FN2O2+. The third-order valence-electron chi connectivity index (χ3n) is 6.88. The number of hydrogen-bond acceptors (Lipinski definition) is 3. The molecular weight excluding hydrogens is 427 g/mol. The number of aromatic amines is 1. The van der Waals surface area contributed by atoms with Crippen LogP contribution in [0.3, 0.4) is 0 Å². The molecule has 2 heterocycles. The van der Waals surface area contributed by atoms with Crippen LogP contribution < -0.4 is 9.72 Å². The molecule has 1 atom stereocenters. The van der Waals surface area contributed by atoms with Gasteiger partial charge in [0, 0.05) is 31.8 Å². The molecule has 1 aliphatic carbocycles.